The molecule has 0 radical (unpaired) electrons. The number of aromatic nitrogens is 1. The molecule has 0 saturated carbocycles. The van der Waals surface area contributed by atoms with E-state index in [0.717, 1.165) is 63.2 Å². The highest BCUT2D eigenvalue weighted by Crippen LogP contribution is 2.36. The third-order valence-electron chi connectivity index (χ3n) is 6.90. The SMILES string of the molecule is CCCCC(CC)CN1C(=O)C(=Cc2c(C)c(C#N)c(=O)n(C)c2N2CCN(C)CC2)SC1=S. The van der Waals surface area contributed by atoms with Gasteiger partial charge in [0.05, 0.1) is 4.91 Å². The summed E-state index contributed by atoms with van der Waals surface area (Å²) in [5, 5.41) is 9.67. The maximum Gasteiger partial charge on any atom is 0.270 e. The monoisotopic (exact) mass is 501 g/mol. The zero-order valence-corrected chi connectivity index (χ0v) is 22.5. The lowest BCUT2D eigenvalue weighted by Crippen LogP contribution is -2.46. The molecule has 9 heteroatoms. The smallest absolute Gasteiger partial charge is 0.270 e. The molecule has 7 nitrogen and oxygen atoms in total. The summed E-state index contributed by atoms with van der Waals surface area (Å²) in [5.41, 5.74) is 1.17. The Morgan fingerprint density at radius 1 is 1.18 bits per heavy atom. The highest BCUT2D eigenvalue weighted by molar-refractivity contribution is 8.26. The fraction of sp³-hybridized carbons (Fsp3) is 0.600. The molecule has 1 amide bonds. The van der Waals surface area contributed by atoms with Gasteiger partial charge in [0.15, 0.2) is 0 Å². The summed E-state index contributed by atoms with van der Waals surface area (Å²) in [6.07, 6.45) is 6.22. The van der Waals surface area contributed by atoms with Crippen molar-refractivity contribution in [3.63, 3.8) is 0 Å². The number of piperazine rings is 1. The normalized spacial score (nSPS) is 19.2. The maximum atomic E-state index is 13.4. The summed E-state index contributed by atoms with van der Waals surface area (Å²) in [5.74, 6) is 1.10. The van der Waals surface area contributed by atoms with Gasteiger partial charge in [-0.1, -0.05) is 57.1 Å². The van der Waals surface area contributed by atoms with Crippen molar-refractivity contribution in [2.75, 3.05) is 44.7 Å². The molecule has 0 bridgehead atoms. The third kappa shape index (κ3) is 5.40. The molecule has 0 N–H and O–H groups in total. The van der Waals surface area contributed by atoms with Crippen molar-refractivity contribution in [2.24, 2.45) is 13.0 Å². The number of pyridine rings is 1. The standard InChI is InChI=1S/C25H35N5O2S2/c1-6-8-9-18(7-2)16-30-24(32)21(34-25(30)33)14-19-17(3)20(15-26)23(31)28(5)22(19)29-12-10-27(4)11-13-29/h14,18H,6-13,16H2,1-5H3. The fourth-order valence-corrected chi connectivity index (χ4v) is 5.83. The van der Waals surface area contributed by atoms with Crippen molar-refractivity contribution in [2.45, 2.75) is 46.5 Å². The molecule has 1 aromatic rings. The molecule has 184 valence electrons. The lowest BCUT2D eigenvalue weighted by Gasteiger charge is -2.36. The molecule has 0 aromatic carbocycles. The number of rotatable bonds is 8. The minimum absolute atomic E-state index is 0.0824. The average molecular weight is 502 g/mol. The molecular formula is C25H35N5O2S2. The van der Waals surface area contributed by atoms with Crippen molar-refractivity contribution >= 4 is 46.1 Å². The maximum absolute atomic E-state index is 13.4. The van der Waals surface area contributed by atoms with Crippen LogP contribution in [0.2, 0.25) is 0 Å². The molecule has 1 unspecified atom stereocenters. The second-order valence-electron chi connectivity index (χ2n) is 9.21. The van der Waals surface area contributed by atoms with Crippen molar-refractivity contribution in [1.82, 2.24) is 14.4 Å². The molecule has 2 fully saturated rings. The highest BCUT2D eigenvalue weighted by atomic mass is 32.2. The molecule has 2 saturated heterocycles. The molecule has 1 atom stereocenters. The van der Waals surface area contributed by atoms with Gasteiger partial charge < -0.3 is 9.80 Å². The summed E-state index contributed by atoms with van der Waals surface area (Å²) in [7, 11) is 3.79. The van der Waals surface area contributed by atoms with Crippen molar-refractivity contribution in [1.29, 1.82) is 5.26 Å². The van der Waals surface area contributed by atoms with E-state index < -0.39 is 0 Å². The largest absolute Gasteiger partial charge is 0.355 e. The van der Waals surface area contributed by atoms with E-state index in [1.165, 1.54) is 11.8 Å². The van der Waals surface area contributed by atoms with E-state index in [1.54, 1.807) is 23.4 Å². The predicted octanol–water partition coefficient (Wildman–Crippen LogP) is 3.73. The minimum Gasteiger partial charge on any atom is -0.355 e. The van der Waals surface area contributed by atoms with E-state index >= 15 is 0 Å². The Morgan fingerprint density at radius 3 is 2.44 bits per heavy atom. The molecule has 2 aliphatic rings. The quantitative estimate of drug-likeness (QED) is 0.397. The Morgan fingerprint density at radius 2 is 1.85 bits per heavy atom. The number of nitriles is 1. The number of hydrogen-bond donors (Lipinski definition) is 0. The van der Waals surface area contributed by atoms with E-state index in [-0.39, 0.29) is 17.0 Å². The number of carbonyl (C=O) groups excluding carboxylic acids is 1. The molecule has 0 aliphatic carbocycles. The Bertz CT molecular complexity index is 1080. The Labute approximate surface area is 212 Å². The van der Waals surface area contributed by atoms with Crippen LogP contribution in [0, 0.1) is 24.2 Å². The van der Waals surface area contributed by atoms with Crippen LogP contribution in [0.3, 0.4) is 0 Å². The van der Waals surface area contributed by atoms with Gasteiger partial charge in [0.25, 0.3) is 11.5 Å². The third-order valence-corrected chi connectivity index (χ3v) is 8.28. The molecule has 3 rings (SSSR count). The van der Waals surface area contributed by atoms with E-state index in [4.69, 9.17) is 12.2 Å². The lowest BCUT2D eigenvalue weighted by molar-refractivity contribution is -0.122. The molecule has 3 heterocycles. The van der Waals surface area contributed by atoms with Crippen LogP contribution in [0.4, 0.5) is 5.82 Å². The highest BCUT2D eigenvalue weighted by Gasteiger charge is 2.34. The molecule has 0 spiro atoms. The van der Waals surface area contributed by atoms with Crippen molar-refractivity contribution in [3.8, 4) is 6.07 Å². The minimum atomic E-state index is -0.305. The van der Waals surface area contributed by atoms with Crippen molar-refractivity contribution < 1.29 is 4.79 Å². The summed E-state index contributed by atoms with van der Waals surface area (Å²) in [6.45, 7) is 10.1. The summed E-state index contributed by atoms with van der Waals surface area (Å²) in [4.78, 5) is 33.0. The fourth-order valence-electron chi connectivity index (χ4n) is 4.58. The van der Waals surface area contributed by atoms with Gasteiger partial charge in [-0.2, -0.15) is 5.26 Å². The van der Waals surface area contributed by atoms with Gasteiger partial charge in [0.2, 0.25) is 0 Å². The van der Waals surface area contributed by atoms with E-state index in [9.17, 15) is 14.9 Å². The first-order valence-corrected chi connectivity index (χ1v) is 13.3. The lowest BCUT2D eigenvalue weighted by atomic mass is 9.99. The number of thioether (sulfide) groups is 1. The molecule has 1 aromatic heterocycles. The van der Waals surface area contributed by atoms with E-state index in [0.29, 0.717) is 27.3 Å². The van der Waals surface area contributed by atoms with E-state index in [1.807, 2.05) is 6.08 Å². The van der Waals surface area contributed by atoms with Crippen LogP contribution in [0.25, 0.3) is 6.08 Å². The molecular weight excluding hydrogens is 466 g/mol. The van der Waals surface area contributed by atoms with Gasteiger partial charge in [-0.15, -0.1) is 0 Å². The Kier molecular flexibility index (Phi) is 8.96. The zero-order chi connectivity index (χ0) is 25.0. The van der Waals surface area contributed by atoms with Crippen LogP contribution in [0.5, 0.6) is 0 Å². The first-order valence-electron chi connectivity index (χ1n) is 12.1. The average Bonchev–Trinajstić information content (AvgIpc) is 3.08. The van der Waals surface area contributed by atoms with Gasteiger partial charge in [-0.3, -0.25) is 19.1 Å². The van der Waals surface area contributed by atoms with Gasteiger partial charge in [0.1, 0.15) is 21.8 Å². The van der Waals surface area contributed by atoms with Gasteiger partial charge in [-0.25, -0.2) is 0 Å². The number of likely N-dealkylation sites (N-methyl/N-ethyl adjacent to an activating group) is 1. The number of nitrogens with zero attached hydrogens (tertiary/aromatic N) is 5. The zero-order valence-electron chi connectivity index (χ0n) is 20.9. The number of hydrogen-bond acceptors (Lipinski definition) is 7. The van der Waals surface area contributed by atoms with Gasteiger partial charge in [-0.05, 0) is 37.9 Å². The van der Waals surface area contributed by atoms with Gasteiger partial charge in [0, 0.05) is 45.3 Å². The van der Waals surface area contributed by atoms with E-state index in [2.05, 4.69) is 36.8 Å². The van der Waals surface area contributed by atoms with Crippen LogP contribution in [-0.4, -0.2) is 64.4 Å². The first-order chi connectivity index (χ1) is 16.2. The summed E-state index contributed by atoms with van der Waals surface area (Å²) < 4.78 is 2.14. The second kappa shape index (κ2) is 11.5. The first kappa shape index (κ1) is 26.5. The molecule has 34 heavy (non-hydrogen) atoms. The Hall–Kier alpha value is -2.15. The van der Waals surface area contributed by atoms with Crippen LogP contribution >= 0.6 is 24.0 Å². The second-order valence-corrected chi connectivity index (χ2v) is 10.9. The summed E-state index contributed by atoms with van der Waals surface area (Å²) >= 11 is 6.91. The van der Waals surface area contributed by atoms with Gasteiger partial charge >= 0.3 is 0 Å². The van der Waals surface area contributed by atoms with Crippen LogP contribution < -0.4 is 10.5 Å². The number of anilines is 1. The number of carbonyl (C=O) groups is 1. The summed E-state index contributed by atoms with van der Waals surface area (Å²) in [6, 6.07) is 2.07. The Balaban J connectivity index is 2.02. The topological polar surface area (TPSA) is 72.6 Å². The molecule has 2 aliphatic heterocycles. The van der Waals surface area contributed by atoms with Crippen LogP contribution in [0.1, 0.15) is 56.2 Å². The van der Waals surface area contributed by atoms with Crippen molar-refractivity contribution in [3.05, 3.63) is 31.9 Å². The predicted molar refractivity (Wildman–Crippen MR) is 144 cm³/mol. The number of amides is 1. The van der Waals surface area contributed by atoms with Crippen LogP contribution in [-0.2, 0) is 11.8 Å². The number of thiocarbonyl (C=S) groups is 1. The van der Waals surface area contributed by atoms with Crippen LogP contribution in [0.15, 0.2) is 9.70 Å². The number of unbranched alkanes of at least 4 members (excludes halogenated alkanes) is 1.